The van der Waals surface area contributed by atoms with E-state index in [1.165, 1.54) is 5.56 Å². The van der Waals surface area contributed by atoms with Crippen LogP contribution in [0.2, 0.25) is 0 Å². The number of carbonyl (C=O) groups is 2. The van der Waals surface area contributed by atoms with Gasteiger partial charge in [0.05, 0.1) is 6.54 Å². The quantitative estimate of drug-likeness (QED) is 0.875. The van der Waals surface area contributed by atoms with Gasteiger partial charge in [0.2, 0.25) is 11.8 Å². The summed E-state index contributed by atoms with van der Waals surface area (Å²) in [6.07, 6.45) is 0.382. The Morgan fingerprint density at radius 1 is 1.05 bits per heavy atom. The first kappa shape index (κ1) is 15.2. The van der Waals surface area contributed by atoms with E-state index < -0.39 is 0 Å². The van der Waals surface area contributed by atoms with Gasteiger partial charge >= 0.3 is 0 Å². The maximum atomic E-state index is 11.6. The first-order chi connectivity index (χ1) is 8.82. The van der Waals surface area contributed by atoms with Crippen molar-refractivity contribution in [1.29, 1.82) is 0 Å². The Labute approximate surface area is 114 Å². The molecule has 1 aromatic carbocycles. The lowest BCUT2D eigenvalue weighted by Crippen LogP contribution is -2.32. The molecule has 0 spiro atoms. The average Bonchev–Trinajstić information content (AvgIpc) is 2.35. The predicted octanol–water partition coefficient (Wildman–Crippen LogP) is 2.45. The first-order valence-corrected chi connectivity index (χ1v) is 6.50. The number of anilines is 1. The molecule has 0 saturated heterocycles. The highest BCUT2D eigenvalue weighted by Crippen LogP contribution is 2.23. The van der Waals surface area contributed by atoms with Crippen molar-refractivity contribution in [2.45, 2.75) is 39.5 Å². The van der Waals surface area contributed by atoms with Gasteiger partial charge in [-0.15, -0.1) is 0 Å². The van der Waals surface area contributed by atoms with Crippen molar-refractivity contribution in [3.8, 4) is 0 Å². The second kappa shape index (κ2) is 6.36. The molecule has 104 valence electrons. The maximum Gasteiger partial charge on any atom is 0.243 e. The Morgan fingerprint density at radius 3 is 2.11 bits per heavy atom. The summed E-state index contributed by atoms with van der Waals surface area (Å²) in [4.78, 5) is 22.6. The molecule has 0 aliphatic heterocycles. The molecule has 1 aromatic rings. The van der Waals surface area contributed by atoms with Gasteiger partial charge in [0.1, 0.15) is 0 Å². The molecule has 4 nitrogen and oxygen atoms in total. The van der Waals surface area contributed by atoms with E-state index in [4.69, 9.17) is 0 Å². The third kappa shape index (κ3) is 5.12. The van der Waals surface area contributed by atoms with E-state index >= 15 is 0 Å². The molecule has 0 fully saturated rings. The maximum absolute atomic E-state index is 11.6. The van der Waals surface area contributed by atoms with E-state index in [1.807, 2.05) is 24.3 Å². The molecule has 0 saturated carbocycles. The van der Waals surface area contributed by atoms with E-state index in [2.05, 4.69) is 31.4 Å². The summed E-state index contributed by atoms with van der Waals surface area (Å²) >= 11 is 0. The van der Waals surface area contributed by atoms with Crippen LogP contribution in [0.4, 0.5) is 5.69 Å². The second-order valence-corrected chi connectivity index (χ2v) is 5.51. The zero-order valence-electron chi connectivity index (χ0n) is 12.0. The molecular formula is C15H22N2O2. The van der Waals surface area contributed by atoms with Crippen LogP contribution in [0.15, 0.2) is 24.3 Å². The molecule has 0 aliphatic carbocycles. The Morgan fingerprint density at radius 2 is 1.63 bits per heavy atom. The highest BCUT2D eigenvalue weighted by molar-refractivity contribution is 5.94. The standard InChI is InChI=1S/C15H22N2O2/c1-5-13(18)16-10-14(19)17-12-8-6-11(7-9-12)15(2,3)4/h6-9H,5,10H2,1-4H3,(H,16,18)(H,17,19). The molecule has 19 heavy (non-hydrogen) atoms. The van der Waals surface area contributed by atoms with E-state index in [9.17, 15) is 9.59 Å². The minimum absolute atomic E-state index is 0.00763. The normalized spacial score (nSPS) is 10.9. The summed E-state index contributed by atoms with van der Waals surface area (Å²) in [6.45, 7) is 8.18. The Bertz CT molecular complexity index is 444. The minimum Gasteiger partial charge on any atom is -0.347 e. The third-order valence-electron chi connectivity index (χ3n) is 2.80. The molecule has 0 atom stereocenters. The summed E-state index contributed by atoms with van der Waals surface area (Å²) in [7, 11) is 0. The number of hydrogen-bond acceptors (Lipinski definition) is 2. The van der Waals surface area contributed by atoms with Crippen LogP contribution in [-0.2, 0) is 15.0 Å². The van der Waals surface area contributed by atoms with Crippen LogP contribution in [-0.4, -0.2) is 18.4 Å². The van der Waals surface area contributed by atoms with Crippen molar-refractivity contribution in [3.05, 3.63) is 29.8 Å². The highest BCUT2D eigenvalue weighted by atomic mass is 16.2. The molecular weight excluding hydrogens is 240 g/mol. The van der Waals surface area contributed by atoms with Gasteiger partial charge < -0.3 is 10.6 Å². The number of rotatable bonds is 4. The average molecular weight is 262 g/mol. The van der Waals surface area contributed by atoms with Crippen molar-refractivity contribution >= 4 is 17.5 Å². The van der Waals surface area contributed by atoms with Crippen molar-refractivity contribution in [1.82, 2.24) is 5.32 Å². The van der Waals surface area contributed by atoms with Crippen LogP contribution >= 0.6 is 0 Å². The third-order valence-corrected chi connectivity index (χ3v) is 2.80. The molecule has 4 heteroatoms. The summed E-state index contributed by atoms with van der Waals surface area (Å²) in [5.74, 6) is -0.344. The first-order valence-electron chi connectivity index (χ1n) is 6.50. The van der Waals surface area contributed by atoms with Crippen molar-refractivity contribution < 1.29 is 9.59 Å². The monoisotopic (exact) mass is 262 g/mol. The number of benzene rings is 1. The zero-order chi connectivity index (χ0) is 14.5. The van der Waals surface area contributed by atoms with Crippen LogP contribution in [0.5, 0.6) is 0 Å². The van der Waals surface area contributed by atoms with Gasteiger partial charge in [-0.25, -0.2) is 0 Å². The van der Waals surface area contributed by atoms with E-state index in [-0.39, 0.29) is 23.8 Å². The molecule has 1 rings (SSSR count). The fourth-order valence-corrected chi connectivity index (χ4v) is 1.56. The molecule has 0 aromatic heterocycles. The lowest BCUT2D eigenvalue weighted by molar-refractivity contribution is -0.123. The van der Waals surface area contributed by atoms with Crippen LogP contribution < -0.4 is 10.6 Å². The van der Waals surface area contributed by atoms with Crippen LogP contribution in [0.25, 0.3) is 0 Å². The molecule has 0 radical (unpaired) electrons. The van der Waals surface area contributed by atoms with Gasteiger partial charge in [0.25, 0.3) is 0 Å². The Hall–Kier alpha value is -1.84. The molecule has 2 N–H and O–H groups in total. The van der Waals surface area contributed by atoms with Gasteiger partial charge in [0.15, 0.2) is 0 Å². The van der Waals surface area contributed by atoms with Gasteiger partial charge in [-0.3, -0.25) is 9.59 Å². The lowest BCUT2D eigenvalue weighted by Gasteiger charge is -2.19. The van der Waals surface area contributed by atoms with Gasteiger partial charge in [0, 0.05) is 12.1 Å². The second-order valence-electron chi connectivity index (χ2n) is 5.51. The van der Waals surface area contributed by atoms with Gasteiger partial charge in [-0.05, 0) is 23.1 Å². The largest absolute Gasteiger partial charge is 0.347 e. The van der Waals surface area contributed by atoms with E-state index in [1.54, 1.807) is 6.92 Å². The van der Waals surface area contributed by atoms with Crippen LogP contribution in [0.3, 0.4) is 0 Å². The molecule has 0 bridgehead atoms. The molecule has 0 unspecified atom stereocenters. The predicted molar refractivity (Wildman–Crippen MR) is 77.1 cm³/mol. The van der Waals surface area contributed by atoms with Crippen molar-refractivity contribution in [2.75, 3.05) is 11.9 Å². The van der Waals surface area contributed by atoms with Gasteiger partial charge in [-0.2, -0.15) is 0 Å². The summed E-state index contributed by atoms with van der Waals surface area (Å²) in [5.41, 5.74) is 2.05. The van der Waals surface area contributed by atoms with Crippen molar-refractivity contribution in [2.24, 2.45) is 0 Å². The molecule has 2 amide bonds. The van der Waals surface area contributed by atoms with E-state index in [0.29, 0.717) is 6.42 Å². The van der Waals surface area contributed by atoms with E-state index in [0.717, 1.165) is 5.69 Å². The summed E-state index contributed by atoms with van der Waals surface area (Å²) in [6, 6.07) is 7.75. The smallest absolute Gasteiger partial charge is 0.243 e. The fraction of sp³-hybridized carbons (Fsp3) is 0.467. The summed E-state index contributed by atoms with van der Waals surface area (Å²) in [5, 5.41) is 5.28. The Balaban J connectivity index is 2.54. The SMILES string of the molecule is CCC(=O)NCC(=O)Nc1ccc(C(C)(C)C)cc1. The van der Waals surface area contributed by atoms with Crippen molar-refractivity contribution in [3.63, 3.8) is 0 Å². The topological polar surface area (TPSA) is 58.2 Å². The molecule has 0 heterocycles. The fourth-order valence-electron chi connectivity index (χ4n) is 1.56. The molecule has 0 aliphatic rings. The number of amides is 2. The Kier molecular flexibility index (Phi) is 5.10. The van der Waals surface area contributed by atoms with Gasteiger partial charge in [-0.1, -0.05) is 39.8 Å². The highest BCUT2D eigenvalue weighted by Gasteiger charge is 2.13. The minimum atomic E-state index is -0.217. The summed E-state index contributed by atoms with van der Waals surface area (Å²) < 4.78 is 0. The van der Waals surface area contributed by atoms with Crippen LogP contribution in [0, 0.1) is 0 Å². The number of carbonyl (C=O) groups excluding carboxylic acids is 2. The van der Waals surface area contributed by atoms with Crippen LogP contribution in [0.1, 0.15) is 39.7 Å². The zero-order valence-corrected chi connectivity index (χ0v) is 12.0. The number of hydrogen-bond donors (Lipinski definition) is 2. The number of nitrogens with one attached hydrogen (secondary N) is 2. The lowest BCUT2D eigenvalue weighted by atomic mass is 9.87.